The summed E-state index contributed by atoms with van der Waals surface area (Å²) in [7, 11) is 0. The van der Waals surface area contributed by atoms with Gasteiger partial charge in [-0.2, -0.15) is 0 Å². The molecule has 0 aliphatic carbocycles. The van der Waals surface area contributed by atoms with Crippen LogP contribution in [0.5, 0.6) is 0 Å². The Bertz CT molecular complexity index is 341. The first-order chi connectivity index (χ1) is 8.25. The molecule has 15 heteroatoms. The van der Waals surface area contributed by atoms with Crippen molar-refractivity contribution in [2.75, 3.05) is 0 Å². The molecule has 0 radical (unpaired) electrons. The van der Waals surface area contributed by atoms with Gasteiger partial charge in [0.1, 0.15) is 0 Å². The summed E-state index contributed by atoms with van der Waals surface area (Å²) in [6.45, 7) is 0. The summed E-state index contributed by atoms with van der Waals surface area (Å²) >= 11 is -10.6. The zero-order valence-electron chi connectivity index (χ0n) is 8.29. The van der Waals surface area contributed by atoms with Gasteiger partial charge in [-0.25, -0.2) is 0 Å². The standard InChI is InChI=1S/C5HAsF14/c7-1(3(10,11)12,4(13,14)15)6(19,20)2(8,9)5(16,17)18/h6H. The number of hydrogen-bond acceptors (Lipinski definition) is 0. The van der Waals surface area contributed by atoms with Crippen LogP contribution < -0.4 is 0 Å². The Morgan fingerprint density at radius 3 is 0.850 bits per heavy atom. The van der Waals surface area contributed by atoms with Crippen LogP contribution in [0.2, 0.25) is 0 Å². The Kier molecular flexibility index (Phi) is 4.44. The summed E-state index contributed by atoms with van der Waals surface area (Å²) < 4.78 is 152. The SMILES string of the molecule is FC(F)(F)C(F)(F)[AsH](F)(F)C(F)(C(F)(F)F)C(F)(F)F. The predicted molar refractivity (Wildman–Crippen MR) is 36.3 cm³/mol. The van der Waals surface area contributed by atoms with E-state index in [-0.39, 0.29) is 0 Å². The van der Waals surface area contributed by atoms with Gasteiger partial charge in [0.2, 0.25) is 0 Å². The molecule has 0 saturated carbocycles. The summed E-state index contributed by atoms with van der Waals surface area (Å²) in [4.78, 5) is 0. The number of rotatable bonds is 2. The molecule has 0 aromatic rings. The summed E-state index contributed by atoms with van der Waals surface area (Å²) in [6.07, 6.45) is -22.8. The molecule has 0 amide bonds. The quantitative estimate of drug-likeness (QED) is 0.480. The van der Waals surface area contributed by atoms with Crippen molar-refractivity contribution in [2.24, 2.45) is 0 Å². The van der Waals surface area contributed by atoms with Crippen molar-refractivity contribution in [3.63, 3.8) is 0 Å². The summed E-state index contributed by atoms with van der Waals surface area (Å²) in [5, 5.41) is 0. The fraction of sp³-hybridized carbons (Fsp3) is 1.00. The average molecular weight is 402 g/mol. The Hall–Kier alpha value is -0.422. The van der Waals surface area contributed by atoms with Crippen molar-refractivity contribution in [3.05, 3.63) is 0 Å². The van der Waals surface area contributed by atoms with E-state index in [0.717, 1.165) is 0 Å². The second-order valence-electron chi connectivity index (χ2n) is 3.30. The van der Waals surface area contributed by atoms with Crippen LogP contribution in [0.15, 0.2) is 0 Å². The van der Waals surface area contributed by atoms with Gasteiger partial charge in [0.15, 0.2) is 0 Å². The molecule has 0 aliphatic heterocycles. The van der Waals surface area contributed by atoms with Crippen molar-refractivity contribution in [2.45, 2.75) is 27.7 Å². The number of hydrogen-bond donors (Lipinski definition) is 0. The number of alkyl halides is 12. The molecule has 0 aliphatic rings. The maximum atomic E-state index is 12.7. The molecule has 0 spiro atoms. The van der Waals surface area contributed by atoms with Crippen LogP contribution in [0.3, 0.4) is 0 Å². The second kappa shape index (κ2) is 4.54. The zero-order valence-corrected chi connectivity index (χ0v) is 10.4. The molecule has 0 unspecified atom stereocenters. The molecule has 0 N–H and O–H groups in total. The zero-order chi connectivity index (χ0) is 17.0. The normalized spacial score (nSPS) is 17.3. The average Bonchev–Trinajstić information content (AvgIpc) is 2.10. The summed E-state index contributed by atoms with van der Waals surface area (Å²) in [6, 6.07) is 0. The van der Waals surface area contributed by atoms with Crippen molar-refractivity contribution >= 4 is 14.5 Å². The third-order valence-electron chi connectivity index (χ3n) is 1.96. The molecule has 20 heavy (non-hydrogen) atoms. The van der Waals surface area contributed by atoms with Crippen LogP contribution in [0, 0.1) is 0 Å². The molecule has 0 fully saturated rings. The summed E-state index contributed by atoms with van der Waals surface area (Å²) in [5.41, 5.74) is 0. The van der Waals surface area contributed by atoms with E-state index >= 15 is 0 Å². The number of halogens is 14. The van der Waals surface area contributed by atoms with Crippen LogP contribution in [0.1, 0.15) is 0 Å². The van der Waals surface area contributed by atoms with Gasteiger partial charge in [0.05, 0.1) is 0 Å². The van der Waals surface area contributed by atoms with Gasteiger partial charge in [-0.3, -0.25) is 0 Å². The Morgan fingerprint density at radius 2 is 0.700 bits per heavy atom. The van der Waals surface area contributed by atoms with E-state index in [1.165, 1.54) is 0 Å². The van der Waals surface area contributed by atoms with E-state index in [1.54, 1.807) is 0 Å². The van der Waals surface area contributed by atoms with E-state index in [2.05, 4.69) is 0 Å². The minimum absolute atomic E-state index is 7.47. The first-order valence-electron chi connectivity index (χ1n) is 3.90. The van der Waals surface area contributed by atoms with Gasteiger partial charge >= 0.3 is 102 Å². The molecule has 124 valence electrons. The molecular weight excluding hydrogens is 401 g/mol. The van der Waals surface area contributed by atoms with Gasteiger partial charge in [-0.05, 0) is 0 Å². The van der Waals surface area contributed by atoms with Gasteiger partial charge in [0.25, 0.3) is 0 Å². The molecule has 0 heterocycles. The third kappa shape index (κ3) is 2.43. The van der Waals surface area contributed by atoms with Crippen LogP contribution in [0.25, 0.3) is 0 Å². The van der Waals surface area contributed by atoms with E-state index in [0.29, 0.717) is 0 Å². The topological polar surface area (TPSA) is 0 Å². The molecule has 0 aromatic heterocycles. The molecule has 0 atom stereocenters. The van der Waals surface area contributed by atoms with E-state index < -0.39 is 42.2 Å². The van der Waals surface area contributed by atoms with Crippen LogP contribution in [-0.4, -0.2) is 42.2 Å². The molecular formula is C5HAsF14. The van der Waals surface area contributed by atoms with Gasteiger partial charge < -0.3 is 0 Å². The van der Waals surface area contributed by atoms with Crippen molar-refractivity contribution in [1.29, 1.82) is 0 Å². The van der Waals surface area contributed by atoms with Crippen molar-refractivity contribution in [1.82, 2.24) is 0 Å². The second-order valence-corrected chi connectivity index (χ2v) is 8.47. The van der Waals surface area contributed by atoms with Gasteiger partial charge in [-0.15, -0.1) is 0 Å². The Morgan fingerprint density at radius 1 is 0.450 bits per heavy atom. The fourth-order valence-electron chi connectivity index (χ4n) is 0.911. The molecule has 0 aromatic carbocycles. The minimum atomic E-state index is -10.6. The Balaban J connectivity index is 6.38. The molecule has 0 nitrogen and oxygen atoms in total. The Labute approximate surface area is 103 Å². The van der Waals surface area contributed by atoms with Gasteiger partial charge in [0, 0.05) is 0 Å². The monoisotopic (exact) mass is 402 g/mol. The fourth-order valence-corrected chi connectivity index (χ4v) is 4.06. The molecule has 0 saturated heterocycles. The van der Waals surface area contributed by atoms with Crippen molar-refractivity contribution < 1.29 is 59.6 Å². The summed E-state index contributed by atoms with van der Waals surface area (Å²) in [5.74, 6) is 0. The van der Waals surface area contributed by atoms with E-state index in [9.17, 15) is 59.6 Å². The van der Waals surface area contributed by atoms with Crippen LogP contribution in [-0.2, 0) is 0 Å². The van der Waals surface area contributed by atoms with Crippen LogP contribution >= 0.6 is 0 Å². The third-order valence-corrected chi connectivity index (χ3v) is 7.22. The van der Waals surface area contributed by atoms with Crippen LogP contribution in [0.4, 0.5) is 59.6 Å². The van der Waals surface area contributed by atoms with Crippen molar-refractivity contribution in [3.8, 4) is 0 Å². The predicted octanol–water partition coefficient (Wildman–Crippen LogP) is 4.21. The maximum absolute atomic E-state index is 12.7. The first kappa shape index (κ1) is 19.6. The van der Waals surface area contributed by atoms with Gasteiger partial charge in [-0.1, -0.05) is 0 Å². The first-order valence-corrected chi connectivity index (χ1v) is 7.58. The van der Waals surface area contributed by atoms with E-state index in [1.807, 2.05) is 0 Å². The molecule has 0 rings (SSSR count). The van der Waals surface area contributed by atoms with E-state index in [4.69, 9.17) is 0 Å². The molecule has 0 bridgehead atoms.